The first kappa shape index (κ1) is 32.8. The highest BCUT2D eigenvalue weighted by Crippen LogP contribution is 2.37. The maximum absolute atomic E-state index is 13.0. The van der Waals surface area contributed by atoms with Crippen molar-refractivity contribution in [1.29, 1.82) is 0 Å². The summed E-state index contributed by atoms with van der Waals surface area (Å²) < 4.78 is 26.6. The number of ether oxygens (including phenoxy) is 2. The highest BCUT2D eigenvalue weighted by molar-refractivity contribution is 7.86. The van der Waals surface area contributed by atoms with Crippen LogP contribution in [-0.4, -0.2) is 72.3 Å². The first-order valence-corrected chi connectivity index (χ1v) is 16.7. The predicted molar refractivity (Wildman–Crippen MR) is 188 cm³/mol. The van der Waals surface area contributed by atoms with Crippen LogP contribution in [0.2, 0.25) is 0 Å². The summed E-state index contributed by atoms with van der Waals surface area (Å²) in [5, 5.41) is 14.3. The fourth-order valence-corrected chi connectivity index (χ4v) is 6.57. The third-order valence-corrected chi connectivity index (χ3v) is 9.53. The molecule has 1 aliphatic heterocycles. The average molecular weight is 660 g/mol. The van der Waals surface area contributed by atoms with Gasteiger partial charge < -0.3 is 29.5 Å². The number of allylic oxidation sites excluding steroid dienone is 1. The minimum Gasteiger partial charge on any atom is -0.504 e. The highest BCUT2D eigenvalue weighted by Gasteiger charge is 2.19. The molecule has 2 aromatic carbocycles. The zero-order valence-electron chi connectivity index (χ0n) is 26.0. The number of benzene rings is 2. The summed E-state index contributed by atoms with van der Waals surface area (Å²) in [5.41, 5.74) is 3.74. The Morgan fingerprint density at radius 3 is 2.72 bits per heavy atom. The Labute approximate surface area is 275 Å². The topological polar surface area (TPSA) is 134 Å². The van der Waals surface area contributed by atoms with E-state index in [4.69, 9.17) is 14.5 Å². The summed E-state index contributed by atoms with van der Waals surface area (Å²) in [5.74, 6) is 1.38. The molecular weight excluding hydrogens is 623 g/mol. The van der Waals surface area contributed by atoms with Crippen molar-refractivity contribution in [3.8, 4) is 22.8 Å². The van der Waals surface area contributed by atoms with Gasteiger partial charge in [-0.2, -0.15) is 0 Å². The highest BCUT2D eigenvalue weighted by atomic mass is 32.2. The molecule has 4 aromatic rings. The standard InChI is InChI=1S/C33H37N7O4S2/c1-22(2)33-38-31(23-6-5-7-24(18-23)39-46(42)26-9-10-29(43-4)28(41)19-26)32(45-33)27(34-3)12-13-35-21-37-25-8-11-30(36-20-25)40-14-16-44-17-15-40/h5-13,18-20,22,37,39,41H,3,14-17,21H2,1-2,4H3/b27-12-,35-13-. The number of methoxy groups -OCH3 is 1. The van der Waals surface area contributed by atoms with Gasteiger partial charge in [-0.25, -0.2) is 14.2 Å². The van der Waals surface area contributed by atoms with E-state index in [-0.39, 0.29) is 11.7 Å². The summed E-state index contributed by atoms with van der Waals surface area (Å²) in [6.45, 7) is 11.5. The second-order valence-corrected chi connectivity index (χ2v) is 12.8. The number of hydrogen-bond acceptors (Lipinski definition) is 11. The zero-order chi connectivity index (χ0) is 32.5. The number of aromatic hydroxyl groups is 1. The van der Waals surface area contributed by atoms with Crippen LogP contribution in [0.1, 0.15) is 29.7 Å². The maximum atomic E-state index is 13.0. The van der Waals surface area contributed by atoms with Crippen LogP contribution in [-0.2, 0) is 15.7 Å². The largest absolute Gasteiger partial charge is 0.504 e. The van der Waals surface area contributed by atoms with E-state index < -0.39 is 11.0 Å². The SMILES string of the molecule is C=N/C(=C\C=N/CNc1ccc(N2CCOCC2)nc1)c1sc(C(C)C)nc1-c1cccc(NS(=O)c2ccc(OC)c(O)c2)c1. The summed E-state index contributed by atoms with van der Waals surface area (Å²) in [6, 6.07) is 16.2. The molecule has 240 valence electrons. The van der Waals surface area contributed by atoms with Gasteiger partial charge in [0.15, 0.2) is 11.5 Å². The van der Waals surface area contributed by atoms with Crippen LogP contribution >= 0.6 is 11.3 Å². The van der Waals surface area contributed by atoms with Crippen molar-refractivity contribution in [1.82, 2.24) is 9.97 Å². The molecule has 1 unspecified atom stereocenters. The Morgan fingerprint density at radius 2 is 2.02 bits per heavy atom. The number of aromatic nitrogens is 2. The lowest BCUT2D eigenvalue weighted by Crippen LogP contribution is -2.36. The predicted octanol–water partition coefficient (Wildman–Crippen LogP) is 6.20. The molecule has 1 atom stereocenters. The van der Waals surface area contributed by atoms with E-state index in [9.17, 15) is 9.32 Å². The van der Waals surface area contributed by atoms with Gasteiger partial charge in [-0.15, -0.1) is 11.3 Å². The van der Waals surface area contributed by atoms with Crippen LogP contribution in [0, 0.1) is 0 Å². The van der Waals surface area contributed by atoms with Crippen molar-refractivity contribution in [2.75, 3.05) is 55.0 Å². The number of thiazole rings is 1. The first-order chi connectivity index (χ1) is 22.4. The number of rotatable bonds is 13. The zero-order valence-corrected chi connectivity index (χ0v) is 27.6. The second-order valence-electron chi connectivity index (χ2n) is 10.6. The summed E-state index contributed by atoms with van der Waals surface area (Å²) >= 11 is 1.56. The van der Waals surface area contributed by atoms with Gasteiger partial charge in [-0.3, -0.25) is 9.98 Å². The molecule has 3 N–H and O–H groups in total. The van der Waals surface area contributed by atoms with Gasteiger partial charge in [-0.1, -0.05) is 26.0 Å². The Kier molecular flexibility index (Phi) is 11.1. The molecule has 1 aliphatic rings. The van der Waals surface area contributed by atoms with Crippen molar-refractivity contribution in [2.24, 2.45) is 9.98 Å². The molecular formula is C33H37N7O4S2. The molecule has 2 aromatic heterocycles. The molecule has 0 bridgehead atoms. The molecule has 13 heteroatoms. The molecule has 46 heavy (non-hydrogen) atoms. The number of morpholine rings is 1. The maximum Gasteiger partial charge on any atom is 0.160 e. The Balaban J connectivity index is 1.29. The fourth-order valence-electron chi connectivity index (χ4n) is 4.62. The molecule has 0 amide bonds. The summed E-state index contributed by atoms with van der Waals surface area (Å²) in [4.78, 5) is 21.8. The van der Waals surface area contributed by atoms with Crippen LogP contribution in [0.3, 0.4) is 0 Å². The lowest BCUT2D eigenvalue weighted by atomic mass is 10.1. The number of anilines is 3. The van der Waals surface area contributed by atoms with Crippen LogP contribution in [0.25, 0.3) is 17.0 Å². The van der Waals surface area contributed by atoms with E-state index in [2.05, 4.69) is 50.5 Å². The van der Waals surface area contributed by atoms with Crippen LogP contribution in [0.5, 0.6) is 11.5 Å². The molecule has 1 fully saturated rings. The minimum atomic E-state index is -1.62. The van der Waals surface area contributed by atoms with Gasteiger partial charge in [0.2, 0.25) is 0 Å². The van der Waals surface area contributed by atoms with E-state index in [0.717, 1.165) is 59.0 Å². The smallest absolute Gasteiger partial charge is 0.160 e. The number of aliphatic imine (C=N–C) groups is 2. The molecule has 0 saturated carbocycles. The van der Waals surface area contributed by atoms with Gasteiger partial charge in [0, 0.05) is 42.5 Å². The van der Waals surface area contributed by atoms with Crippen molar-refractivity contribution in [3.63, 3.8) is 0 Å². The normalized spacial score (nSPS) is 14.4. The lowest BCUT2D eigenvalue weighted by Gasteiger charge is -2.27. The molecule has 11 nitrogen and oxygen atoms in total. The van der Waals surface area contributed by atoms with Gasteiger partial charge in [0.05, 0.1) is 58.4 Å². The van der Waals surface area contributed by atoms with Crippen LogP contribution in [0.15, 0.2) is 81.8 Å². The molecule has 0 aliphatic carbocycles. The van der Waals surface area contributed by atoms with Gasteiger partial charge in [0.25, 0.3) is 0 Å². The Bertz CT molecular complexity index is 1730. The number of nitrogens with zero attached hydrogens (tertiary/aromatic N) is 5. The van der Waals surface area contributed by atoms with Crippen molar-refractivity contribution >= 4 is 58.1 Å². The fraction of sp³-hybridized carbons (Fsp3) is 0.273. The summed E-state index contributed by atoms with van der Waals surface area (Å²) in [7, 11) is -0.154. The molecule has 0 spiro atoms. The van der Waals surface area contributed by atoms with Gasteiger partial charge >= 0.3 is 0 Å². The number of nitrogens with one attached hydrogen (secondary N) is 2. The molecule has 0 radical (unpaired) electrons. The third-order valence-electron chi connectivity index (χ3n) is 7.05. The quantitative estimate of drug-likeness (QED) is 0.145. The minimum absolute atomic E-state index is 0.0806. The number of pyridine rings is 1. The molecule has 1 saturated heterocycles. The van der Waals surface area contributed by atoms with E-state index in [1.54, 1.807) is 29.7 Å². The number of hydrogen-bond donors (Lipinski definition) is 3. The Morgan fingerprint density at radius 1 is 1.20 bits per heavy atom. The van der Waals surface area contributed by atoms with Crippen molar-refractivity contribution in [3.05, 3.63) is 76.8 Å². The molecule has 3 heterocycles. The van der Waals surface area contributed by atoms with E-state index in [0.29, 0.717) is 28.7 Å². The van der Waals surface area contributed by atoms with Crippen LogP contribution < -0.4 is 19.7 Å². The van der Waals surface area contributed by atoms with Crippen molar-refractivity contribution < 1.29 is 18.8 Å². The first-order valence-electron chi connectivity index (χ1n) is 14.7. The number of phenolic OH excluding ortho intramolecular Hbond substituents is 1. The third kappa shape index (κ3) is 8.16. The van der Waals surface area contributed by atoms with Gasteiger partial charge in [0.1, 0.15) is 23.5 Å². The summed E-state index contributed by atoms with van der Waals surface area (Å²) in [6.07, 6.45) is 5.34. The lowest BCUT2D eigenvalue weighted by molar-refractivity contribution is 0.122. The second kappa shape index (κ2) is 15.6. The van der Waals surface area contributed by atoms with Crippen LogP contribution in [0.4, 0.5) is 17.2 Å². The Hall–Kier alpha value is -4.59. The molecule has 5 rings (SSSR count). The average Bonchev–Trinajstić information content (AvgIpc) is 3.53. The van der Waals surface area contributed by atoms with E-state index in [1.807, 2.05) is 48.7 Å². The van der Waals surface area contributed by atoms with E-state index >= 15 is 0 Å². The monoisotopic (exact) mass is 659 g/mol. The van der Waals surface area contributed by atoms with Crippen molar-refractivity contribution in [2.45, 2.75) is 24.7 Å². The van der Waals surface area contributed by atoms with Gasteiger partial charge in [-0.05, 0) is 49.2 Å². The van der Waals surface area contributed by atoms with E-state index in [1.165, 1.54) is 13.2 Å². The number of phenols is 1.